The number of allylic oxidation sites excluding steroid dienone is 4. The van der Waals surface area contributed by atoms with Crippen LogP contribution in [0.2, 0.25) is 0 Å². The van der Waals surface area contributed by atoms with Gasteiger partial charge in [-0.05, 0) is 43.2 Å². The quantitative estimate of drug-likeness (QED) is 0.761. The third kappa shape index (κ3) is 2.14. The molecule has 0 N–H and O–H groups in total. The summed E-state index contributed by atoms with van der Waals surface area (Å²) in [5.74, 6) is 0.819. The molecule has 0 bridgehead atoms. The van der Waals surface area contributed by atoms with Gasteiger partial charge in [0, 0.05) is 16.0 Å². The highest BCUT2D eigenvalue weighted by molar-refractivity contribution is 7.81. The lowest BCUT2D eigenvalue weighted by atomic mass is 9.88. The fraction of sp³-hybridized carbons (Fsp3) is 0.200. The lowest BCUT2D eigenvalue weighted by Gasteiger charge is -2.16. The van der Waals surface area contributed by atoms with Crippen molar-refractivity contribution in [2.45, 2.75) is 13.8 Å². The zero-order valence-electron chi connectivity index (χ0n) is 10.6. The van der Waals surface area contributed by atoms with Crippen LogP contribution in [0.1, 0.15) is 19.4 Å². The Labute approximate surface area is 112 Å². The molecule has 0 aliphatic heterocycles. The van der Waals surface area contributed by atoms with E-state index in [2.05, 4.69) is 0 Å². The topological polar surface area (TPSA) is 26.3 Å². The molecule has 1 aromatic rings. The number of carbonyl (C=O) groups is 1. The Morgan fingerprint density at radius 2 is 1.67 bits per heavy atom. The zero-order chi connectivity index (χ0) is 13.3. The number of ketones is 1. The molecule has 0 unspecified atom stereocenters. The molecule has 18 heavy (non-hydrogen) atoms. The average Bonchev–Trinajstić information content (AvgIpc) is 2.41. The summed E-state index contributed by atoms with van der Waals surface area (Å²) in [6.07, 6.45) is 1.78. The van der Waals surface area contributed by atoms with E-state index in [1.165, 1.54) is 0 Å². The molecule has 1 aliphatic carbocycles. The van der Waals surface area contributed by atoms with Gasteiger partial charge in [-0.2, -0.15) is 0 Å². The van der Waals surface area contributed by atoms with Gasteiger partial charge in [0.15, 0.2) is 5.78 Å². The van der Waals surface area contributed by atoms with Crippen LogP contribution in [0.3, 0.4) is 0 Å². The van der Waals surface area contributed by atoms with Crippen LogP contribution in [-0.2, 0) is 4.79 Å². The van der Waals surface area contributed by atoms with Crippen molar-refractivity contribution in [3.05, 3.63) is 47.1 Å². The normalized spacial score (nSPS) is 15.8. The number of thiocarbonyl (C=S) groups is 1. The van der Waals surface area contributed by atoms with Crippen LogP contribution in [0.25, 0.3) is 5.57 Å². The molecule has 2 rings (SSSR count). The molecule has 1 aromatic carbocycles. The monoisotopic (exact) mass is 258 g/mol. The maximum atomic E-state index is 12.2. The van der Waals surface area contributed by atoms with Gasteiger partial charge >= 0.3 is 0 Å². The molecule has 0 radical (unpaired) electrons. The Bertz CT molecular complexity index is 577. The van der Waals surface area contributed by atoms with E-state index in [-0.39, 0.29) is 5.78 Å². The number of ether oxygens (including phenoxy) is 1. The highest BCUT2D eigenvalue weighted by Crippen LogP contribution is 2.27. The number of rotatable bonds is 2. The van der Waals surface area contributed by atoms with E-state index in [0.717, 1.165) is 27.3 Å². The Morgan fingerprint density at radius 1 is 1.06 bits per heavy atom. The largest absolute Gasteiger partial charge is 0.497 e. The number of methoxy groups -OCH3 is 1. The molecule has 0 spiro atoms. The summed E-state index contributed by atoms with van der Waals surface area (Å²) in [6, 6.07) is 7.43. The minimum Gasteiger partial charge on any atom is -0.497 e. The summed E-state index contributed by atoms with van der Waals surface area (Å²) >= 11 is 5.27. The first kappa shape index (κ1) is 12.7. The molecular formula is C15H14O2S. The zero-order valence-corrected chi connectivity index (χ0v) is 11.4. The molecule has 2 nitrogen and oxygen atoms in total. The second-order valence-electron chi connectivity index (χ2n) is 4.23. The Kier molecular flexibility index (Phi) is 3.43. The van der Waals surface area contributed by atoms with Crippen LogP contribution >= 0.6 is 12.2 Å². The lowest BCUT2D eigenvalue weighted by molar-refractivity contribution is -0.110. The van der Waals surface area contributed by atoms with E-state index >= 15 is 0 Å². The molecule has 0 atom stereocenters. The van der Waals surface area contributed by atoms with Crippen molar-refractivity contribution < 1.29 is 9.53 Å². The van der Waals surface area contributed by atoms with Crippen LogP contribution in [0.5, 0.6) is 5.75 Å². The van der Waals surface area contributed by atoms with Crippen molar-refractivity contribution in [3.8, 4) is 5.75 Å². The highest BCUT2D eigenvalue weighted by Gasteiger charge is 2.21. The minimum absolute atomic E-state index is 0.0475. The van der Waals surface area contributed by atoms with E-state index in [1.807, 2.05) is 38.1 Å². The third-order valence-corrected chi connectivity index (χ3v) is 3.62. The molecule has 0 fully saturated rings. The van der Waals surface area contributed by atoms with E-state index in [4.69, 9.17) is 17.0 Å². The predicted octanol–water partition coefficient (Wildman–Crippen LogP) is 3.37. The van der Waals surface area contributed by atoms with Gasteiger partial charge in [0.05, 0.1) is 7.11 Å². The van der Waals surface area contributed by atoms with E-state index in [1.54, 1.807) is 13.2 Å². The molecule has 0 heterocycles. The molecule has 0 saturated heterocycles. The third-order valence-electron chi connectivity index (χ3n) is 3.19. The van der Waals surface area contributed by atoms with Gasteiger partial charge < -0.3 is 4.74 Å². The smallest absolute Gasteiger partial charge is 0.189 e. The van der Waals surface area contributed by atoms with Crippen molar-refractivity contribution in [1.29, 1.82) is 0 Å². The first-order valence-corrected chi connectivity index (χ1v) is 6.08. The molecule has 0 saturated carbocycles. The van der Waals surface area contributed by atoms with Gasteiger partial charge in [-0.25, -0.2) is 0 Å². The van der Waals surface area contributed by atoms with Crippen molar-refractivity contribution in [3.63, 3.8) is 0 Å². The second kappa shape index (κ2) is 4.86. The summed E-state index contributed by atoms with van der Waals surface area (Å²) in [7, 11) is 1.62. The fourth-order valence-corrected chi connectivity index (χ4v) is 2.12. The van der Waals surface area contributed by atoms with Crippen LogP contribution < -0.4 is 4.74 Å². The van der Waals surface area contributed by atoms with Crippen molar-refractivity contribution in [1.82, 2.24) is 0 Å². The summed E-state index contributed by atoms with van der Waals surface area (Å²) in [4.78, 5) is 13.0. The molecule has 1 aliphatic rings. The molecule has 92 valence electrons. The van der Waals surface area contributed by atoms with Gasteiger partial charge in [-0.1, -0.05) is 24.4 Å². The maximum Gasteiger partial charge on any atom is 0.189 e. The highest BCUT2D eigenvalue weighted by atomic mass is 32.1. The van der Waals surface area contributed by atoms with Crippen LogP contribution in [0.15, 0.2) is 41.5 Å². The van der Waals surface area contributed by atoms with Crippen molar-refractivity contribution in [2.75, 3.05) is 7.11 Å². The number of Topliss-reactive ketones (excluding diaryl/α,β-unsaturated/α-hetero) is 1. The molecule has 0 aromatic heterocycles. The van der Waals surface area contributed by atoms with E-state index in [9.17, 15) is 4.79 Å². The van der Waals surface area contributed by atoms with Crippen LogP contribution in [-0.4, -0.2) is 17.8 Å². The van der Waals surface area contributed by atoms with Gasteiger partial charge in [-0.3, -0.25) is 4.79 Å². The lowest BCUT2D eigenvalue weighted by Crippen LogP contribution is -2.14. The van der Waals surface area contributed by atoms with Gasteiger partial charge in [0.2, 0.25) is 0 Å². The summed E-state index contributed by atoms with van der Waals surface area (Å²) in [5, 5.41) is 0. The summed E-state index contributed by atoms with van der Waals surface area (Å²) in [6.45, 7) is 3.71. The van der Waals surface area contributed by atoms with E-state index < -0.39 is 0 Å². The van der Waals surface area contributed by atoms with Crippen LogP contribution in [0, 0.1) is 0 Å². The van der Waals surface area contributed by atoms with Gasteiger partial charge in [-0.15, -0.1) is 0 Å². The predicted molar refractivity (Wildman–Crippen MR) is 77.0 cm³/mol. The minimum atomic E-state index is 0.0475. The molecule has 0 amide bonds. The number of hydrogen-bond donors (Lipinski definition) is 0. The van der Waals surface area contributed by atoms with Crippen molar-refractivity contribution in [2.24, 2.45) is 0 Å². The Hall–Kier alpha value is -1.74. The number of hydrogen-bond acceptors (Lipinski definition) is 3. The average molecular weight is 258 g/mol. The fourth-order valence-electron chi connectivity index (χ4n) is 1.85. The second-order valence-corrected chi connectivity index (χ2v) is 4.67. The SMILES string of the molecule is COc1ccc(C2=CC(=S)C(C)=C(C)C2=O)cc1. The number of carbonyl (C=O) groups excluding carboxylic acids is 1. The Morgan fingerprint density at radius 3 is 2.22 bits per heavy atom. The van der Waals surface area contributed by atoms with Crippen LogP contribution in [0.4, 0.5) is 0 Å². The number of benzene rings is 1. The molecular weight excluding hydrogens is 244 g/mol. The summed E-state index contributed by atoms with van der Waals surface area (Å²) < 4.78 is 5.10. The Balaban J connectivity index is 2.42. The van der Waals surface area contributed by atoms with Gasteiger partial charge in [0.25, 0.3) is 0 Å². The maximum absolute atomic E-state index is 12.2. The van der Waals surface area contributed by atoms with E-state index in [0.29, 0.717) is 5.57 Å². The molecule has 3 heteroatoms. The first-order chi connectivity index (χ1) is 8.54. The first-order valence-electron chi connectivity index (χ1n) is 5.67. The van der Waals surface area contributed by atoms with Crippen molar-refractivity contribution >= 4 is 28.4 Å². The summed E-state index contributed by atoms with van der Waals surface area (Å²) in [5.41, 5.74) is 3.15. The standard InChI is InChI=1S/C15H14O2S/c1-9-10(2)15(16)13(8-14(9)18)11-4-6-12(17-3)7-5-11/h4-8H,1-3H3. The van der Waals surface area contributed by atoms with Gasteiger partial charge in [0.1, 0.15) is 5.75 Å².